The monoisotopic (exact) mass is 304 g/mol. The Kier molecular flexibility index (Phi) is 5.69. The maximum atomic E-state index is 12.9. The van der Waals surface area contributed by atoms with E-state index in [2.05, 4.69) is 10.3 Å². The third kappa shape index (κ3) is 4.16. The summed E-state index contributed by atoms with van der Waals surface area (Å²) >= 11 is 0. The molecular weight excluding hydrogens is 283 g/mol. The van der Waals surface area contributed by atoms with Gasteiger partial charge >= 0.3 is 0 Å². The molecule has 1 aromatic carbocycles. The molecular formula is C17H21FN2O2. The van der Waals surface area contributed by atoms with Crippen molar-refractivity contribution in [3.8, 4) is 11.5 Å². The quantitative estimate of drug-likeness (QED) is 0.850. The van der Waals surface area contributed by atoms with Gasteiger partial charge in [0.1, 0.15) is 12.1 Å². The highest BCUT2D eigenvalue weighted by Crippen LogP contribution is 2.19. The lowest BCUT2D eigenvalue weighted by Crippen LogP contribution is -2.31. The van der Waals surface area contributed by atoms with Gasteiger partial charge in [0.15, 0.2) is 0 Å². The van der Waals surface area contributed by atoms with E-state index in [4.69, 9.17) is 4.42 Å². The first-order chi connectivity index (χ1) is 10.6. The van der Waals surface area contributed by atoms with E-state index in [9.17, 15) is 9.18 Å². The summed E-state index contributed by atoms with van der Waals surface area (Å²) in [4.78, 5) is 16.2. The number of rotatable bonds is 7. The topological polar surface area (TPSA) is 55.1 Å². The molecule has 0 unspecified atom stereocenters. The maximum absolute atomic E-state index is 12.9. The van der Waals surface area contributed by atoms with E-state index >= 15 is 0 Å². The highest BCUT2D eigenvalue weighted by molar-refractivity contribution is 5.78. The van der Waals surface area contributed by atoms with E-state index in [1.165, 1.54) is 12.1 Å². The molecule has 0 saturated carbocycles. The molecule has 0 aliphatic carbocycles. The Labute approximate surface area is 129 Å². The van der Waals surface area contributed by atoms with Crippen LogP contribution < -0.4 is 5.32 Å². The molecule has 4 nitrogen and oxygen atoms in total. The summed E-state index contributed by atoms with van der Waals surface area (Å²) < 4.78 is 18.3. The molecule has 1 amide bonds. The third-order valence-corrected chi connectivity index (χ3v) is 3.68. The zero-order valence-electron chi connectivity index (χ0n) is 12.9. The van der Waals surface area contributed by atoms with E-state index in [1.807, 2.05) is 13.8 Å². The fraction of sp³-hybridized carbons (Fsp3) is 0.412. The molecule has 2 aromatic rings. The molecule has 0 bridgehead atoms. The van der Waals surface area contributed by atoms with Crippen LogP contribution in [0.2, 0.25) is 0 Å². The number of carbonyl (C=O) groups is 1. The van der Waals surface area contributed by atoms with Crippen LogP contribution in [0.3, 0.4) is 0 Å². The Bertz CT molecular complexity index is 603. The van der Waals surface area contributed by atoms with Crippen molar-refractivity contribution in [3.63, 3.8) is 0 Å². The first-order valence-corrected chi connectivity index (χ1v) is 7.62. The van der Waals surface area contributed by atoms with Gasteiger partial charge in [-0.1, -0.05) is 13.8 Å². The number of amides is 1. The number of hydrogen-bond acceptors (Lipinski definition) is 3. The average molecular weight is 304 g/mol. The average Bonchev–Trinajstić information content (AvgIpc) is 2.98. The van der Waals surface area contributed by atoms with E-state index in [1.54, 1.807) is 18.4 Å². The number of oxazole rings is 1. The van der Waals surface area contributed by atoms with E-state index in [0.29, 0.717) is 18.9 Å². The first kappa shape index (κ1) is 16.2. The third-order valence-electron chi connectivity index (χ3n) is 3.68. The highest BCUT2D eigenvalue weighted by atomic mass is 19.1. The predicted octanol–water partition coefficient (Wildman–Crippen LogP) is 3.58. The molecule has 1 heterocycles. The van der Waals surface area contributed by atoms with Crippen molar-refractivity contribution in [3.05, 3.63) is 42.0 Å². The fourth-order valence-electron chi connectivity index (χ4n) is 2.26. The summed E-state index contributed by atoms with van der Waals surface area (Å²) in [6, 6.07) is 5.99. The smallest absolute Gasteiger partial charge is 0.226 e. The zero-order valence-corrected chi connectivity index (χ0v) is 12.9. The number of carbonyl (C=O) groups excluding carboxylic acids is 1. The van der Waals surface area contributed by atoms with Crippen LogP contribution >= 0.6 is 0 Å². The lowest BCUT2D eigenvalue weighted by molar-refractivity contribution is -0.125. The van der Waals surface area contributed by atoms with Gasteiger partial charge in [0.2, 0.25) is 11.8 Å². The molecule has 0 fully saturated rings. The Morgan fingerprint density at radius 3 is 2.59 bits per heavy atom. The van der Waals surface area contributed by atoms with Crippen LogP contribution in [0.25, 0.3) is 11.5 Å². The summed E-state index contributed by atoms with van der Waals surface area (Å²) in [5.74, 6) is 0.334. The van der Waals surface area contributed by atoms with Crippen molar-refractivity contribution in [1.82, 2.24) is 10.3 Å². The van der Waals surface area contributed by atoms with Gasteiger partial charge < -0.3 is 9.73 Å². The maximum Gasteiger partial charge on any atom is 0.226 e. The van der Waals surface area contributed by atoms with Crippen LogP contribution in [-0.4, -0.2) is 17.4 Å². The van der Waals surface area contributed by atoms with Gasteiger partial charge in [-0.2, -0.15) is 0 Å². The lowest BCUT2D eigenvalue weighted by atomic mass is 10.0. The van der Waals surface area contributed by atoms with Gasteiger partial charge in [-0.25, -0.2) is 9.37 Å². The Morgan fingerprint density at radius 2 is 1.95 bits per heavy atom. The molecule has 0 radical (unpaired) electrons. The Hall–Kier alpha value is -2.17. The zero-order chi connectivity index (χ0) is 15.9. The Morgan fingerprint density at radius 1 is 1.27 bits per heavy atom. The van der Waals surface area contributed by atoms with Crippen molar-refractivity contribution in [1.29, 1.82) is 0 Å². The largest absolute Gasteiger partial charge is 0.444 e. The summed E-state index contributed by atoms with van der Waals surface area (Å²) in [7, 11) is 0. The second kappa shape index (κ2) is 7.73. The van der Waals surface area contributed by atoms with E-state index < -0.39 is 0 Å². The molecule has 2 rings (SSSR count). The minimum atomic E-state index is -0.292. The SMILES string of the molecule is CCC(CC)C(=O)NCCc1coc(-c2ccc(F)cc2)n1. The van der Waals surface area contributed by atoms with Crippen LogP contribution in [0.5, 0.6) is 0 Å². The van der Waals surface area contributed by atoms with Gasteiger partial charge in [-0.3, -0.25) is 4.79 Å². The van der Waals surface area contributed by atoms with E-state index in [0.717, 1.165) is 24.1 Å². The van der Waals surface area contributed by atoms with Gasteiger partial charge in [-0.05, 0) is 37.1 Å². The summed E-state index contributed by atoms with van der Waals surface area (Å²) in [6.45, 7) is 4.56. The van der Waals surface area contributed by atoms with Crippen molar-refractivity contribution < 1.29 is 13.6 Å². The molecule has 0 atom stereocenters. The van der Waals surface area contributed by atoms with Gasteiger partial charge in [0.25, 0.3) is 0 Å². The number of aromatic nitrogens is 1. The molecule has 1 N–H and O–H groups in total. The molecule has 22 heavy (non-hydrogen) atoms. The second-order valence-electron chi connectivity index (χ2n) is 5.21. The van der Waals surface area contributed by atoms with Crippen LogP contribution in [0, 0.1) is 11.7 Å². The second-order valence-corrected chi connectivity index (χ2v) is 5.21. The normalized spacial score (nSPS) is 10.9. The molecule has 0 saturated heterocycles. The molecule has 0 aliphatic heterocycles. The van der Waals surface area contributed by atoms with Crippen LogP contribution in [0.15, 0.2) is 34.9 Å². The molecule has 0 spiro atoms. The minimum absolute atomic E-state index is 0.0760. The van der Waals surface area contributed by atoms with Crippen molar-refractivity contribution in [2.75, 3.05) is 6.54 Å². The fourth-order valence-corrected chi connectivity index (χ4v) is 2.26. The van der Waals surface area contributed by atoms with Crippen molar-refractivity contribution >= 4 is 5.91 Å². The van der Waals surface area contributed by atoms with Crippen molar-refractivity contribution in [2.24, 2.45) is 5.92 Å². The Balaban J connectivity index is 1.87. The predicted molar refractivity (Wildman–Crippen MR) is 82.7 cm³/mol. The number of nitrogens with one attached hydrogen (secondary N) is 1. The highest BCUT2D eigenvalue weighted by Gasteiger charge is 2.13. The molecule has 1 aromatic heterocycles. The molecule has 5 heteroatoms. The van der Waals surface area contributed by atoms with Gasteiger partial charge in [0, 0.05) is 24.4 Å². The lowest BCUT2D eigenvalue weighted by Gasteiger charge is -2.11. The summed E-state index contributed by atoms with van der Waals surface area (Å²) in [5.41, 5.74) is 1.50. The minimum Gasteiger partial charge on any atom is -0.444 e. The summed E-state index contributed by atoms with van der Waals surface area (Å²) in [5, 5.41) is 2.92. The molecule has 118 valence electrons. The van der Waals surface area contributed by atoms with Gasteiger partial charge in [0.05, 0.1) is 5.69 Å². The van der Waals surface area contributed by atoms with Crippen molar-refractivity contribution in [2.45, 2.75) is 33.1 Å². The number of nitrogens with zero attached hydrogens (tertiary/aromatic N) is 1. The molecule has 0 aliphatic rings. The standard InChI is InChI=1S/C17H21FN2O2/c1-3-12(4-2)16(21)19-10-9-15-11-22-17(20-15)13-5-7-14(18)8-6-13/h5-8,11-12H,3-4,9-10H2,1-2H3,(H,19,21). The van der Waals surface area contributed by atoms with Gasteiger partial charge in [-0.15, -0.1) is 0 Å². The number of halogens is 1. The van der Waals surface area contributed by atoms with Crippen LogP contribution in [-0.2, 0) is 11.2 Å². The number of benzene rings is 1. The van der Waals surface area contributed by atoms with E-state index in [-0.39, 0.29) is 17.6 Å². The number of hydrogen-bond donors (Lipinski definition) is 1. The first-order valence-electron chi connectivity index (χ1n) is 7.62. The summed E-state index contributed by atoms with van der Waals surface area (Å²) in [6.07, 6.45) is 3.88. The van der Waals surface area contributed by atoms with Crippen LogP contribution in [0.4, 0.5) is 4.39 Å². The van der Waals surface area contributed by atoms with Crippen LogP contribution in [0.1, 0.15) is 32.4 Å².